The molecule has 0 aromatic heterocycles. The maximum atomic E-state index is 12.7. The van der Waals surface area contributed by atoms with Crippen LogP contribution >= 0.6 is 0 Å². The number of hydrogen-bond donors (Lipinski definition) is 8. The number of ether oxygens (including phenoxy) is 4. The third-order valence-electron chi connectivity index (χ3n) is 9.08. The summed E-state index contributed by atoms with van der Waals surface area (Å²) in [6.45, 7) is 2.03. The molecule has 8 N–H and O–H groups in total. The van der Waals surface area contributed by atoms with Gasteiger partial charge in [0, 0.05) is 13.3 Å². The number of carbonyl (C=O) groups excluding carboxylic acids is 2. The lowest BCUT2D eigenvalue weighted by molar-refractivity contribution is -0.327. The van der Waals surface area contributed by atoms with E-state index in [-0.39, 0.29) is 6.42 Å². The van der Waals surface area contributed by atoms with Crippen LogP contribution in [-0.4, -0.2) is 129 Å². The summed E-state index contributed by atoms with van der Waals surface area (Å²) in [5.41, 5.74) is 0. The lowest BCUT2D eigenvalue weighted by atomic mass is 9.94. The first-order valence-electron chi connectivity index (χ1n) is 17.4. The molecule has 0 aromatic rings. The van der Waals surface area contributed by atoms with Crippen molar-refractivity contribution in [2.75, 3.05) is 13.2 Å². The highest BCUT2D eigenvalue weighted by Crippen LogP contribution is 2.31. The van der Waals surface area contributed by atoms with Crippen molar-refractivity contribution in [2.45, 2.75) is 171 Å². The Morgan fingerprint density at radius 1 is 0.723 bits per heavy atom. The molecule has 14 nitrogen and oxygen atoms in total. The average molecular weight is 675 g/mol. The zero-order valence-electron chi connectivity index (χ0n) is 27.8. The Hall–Kier alpha value is -1.72. The Labute approximate surface area is 277 Å². The first-order valence-corrected chi connectivity index (χ1v) is 17.4. The van der Waals surface area contributed by atoms with Crippen molar-refractivity contribution in [3.8, 4) is 0 Å². The van der Waals surface area contributed by atoms with Gasteiger partial charge in [0.25, 0.3) is 0 Å². The third-order valence-corrected chi connectivity index (χ3v) is 9.08. The van der Waals surface area contributed by atoms with Crippen LogP contribution in [0.25, 0.3) is 0 Å². The second-order valence-electron chi connectivity index (χ2n) is 12.9. The standard InChI is InChI=1S/C33H58N2O12/c1-3-4-12-15-21-22(44-21)16-13-10-8-6-5-7-9-11-14-17-25(39)35-26-30(42)31(24(19-37)45-32(26)43)47-33-27(34-20(2)38)29(41)28(40)23(18-36)46-33/h10,13,21-24,26-33,36-37,40-43H,3-9,11-12,14-19H2,1-2H3,(H,34,38)(H,35,39)/b13-10-/t21?,22?,23?,24?,26?,27?,28-,29-,30-,31-,32-,33+/m1/s1. The van der Waals surface area contributed by atoms with Gasteiger partial charge in [-0.2, -0.15) is 0 Å². The van der Waals surface area contributed by atoms with Gasteiger partial charge >= 0.3 is 0 Å². The van der Waals surface area contributed by atoms with E-state index in [0.29, 0.717) is 18.6 Å². The van der Waals surface area contributed by atoms with Crippen molar-refractivity contribution in [3.05, 3.63) is 12.2 Å². The fraction of sp³-hybridized carbons (Fsp3) is 0.879. The number of allylic oxidation sites excluding steroid dienone is 1. The molecule has 6 unspecified atom stereocenters. The monoisotopic (exact) mass is 674 g/mol. The molecular weight excluding hydrogens is 616 g/mol. The number of nitrogens with one attached hydrogen (secondary N) is 2. The minimum absolute atomic E-state index is 0.176. The Bertz CT molecular complexity index is 957. The highest BCUT2D eigenvalue weighted by atomic mass is 16.7. The van der Waals surface area contributed by atoms with E-state index < -0.39 is 86.3 Å². The normalized spacial score (nSPS) is 35.6. The molecule has 3 aliphatic heterocycles. The molecule has 2 amide bonds. The fourth-order valence-corrected chi connectivity index (χ4v) is 6.24. The van der Waals surface area contributed by atoms with E-state index in [0.717, 1.165) is 44.9 Å². The van der Waals surface area contributed by atoms with E-state index in [1.54, 1.807) is 0 Å². The molecule has 12 atom stereocenters. The summed E-state index contributed by atoms with van der Waals surface area (Å²) in [5.74, 6) is -0.974. The predicted octanol–water partition coefficient (Wildman–Crippen LogP) is 0.285. The van der Waals surface area contributed by atoms with Crippen molar-refractivity contribution < 1.29 is 59.2 Å². The molecule has 0 spiro atoms. The minimum Gasteiger partial charge on any atom is -0.394 e. The molecule has 47 heavy (non-hydrogen) atoms. The maximum Gasteiger partial charge on any atom is 0.220 e. The summed E-state index contributed by atoms with van der Waals surface area (Å²) in [6, 6.07) is -2.61. The van der Waals surface area contributed by atoms with E-state index >= 15 is 0 Å². The van der Waals surface area contributed by atoms with Crippen molar-refractivity contribution in [1.82, 2.24) is 10.6 Å². The van der Waals surface area contributed by atoms with Gasteiger partial charge in [-0.1, -0.05) is 64.0 Å². The van der Waals surface area contributed by atoms with E-state index in [1.807, 2.05) is 0 Å². The van der Waals surface area contributed by atoms with Crippen molar-refractivity contribution in [1.29, 1.82) is 0 Å². The van der Waals surface area contributed by atoms with Gasteiger partial charge in [0.2, 0.25) is 11.8 Å². The fourth-order valence-electron chi connectivity index (χ4n) is 6.24. The van der Waals surface area contributed by atoms with Gasteiger partial charge in [0.15, 0.2) is 12.6 Å². The number of amides is 2. The van der Waals surface area contributed by atoms with E-state index in [9.17, 15) is 40.2 Å². The number of unbranched alkanes of at least 4 members (excludes halogenated alkanes) is 8. The number of carbonyl (C=O) groups is 2. The third kappa shape index (κ3) is 12.6. The molecule has 3 heterocycles. The van der Waals surface area contributed by atoms with Crippen molar-refractivity contribution in [2.24, 2.45) is 0 Å². The molecule has 3 saturated heterocycles. The summed E-state index contributed by atoms with van der Waals surface area (Å²) < 4.78 is 22.6. The van der Waals surface area contributed by atoms with Gasteiger partial charge in [-0.3, -0.25) is 9.59 Å². The number of aliphatic hydroxyl groups is 6. The largest absolute Gasteiger partial charge is 0.394 e. The molecular formula is C33H58N2O12. The quantitative estimate of drug-likeness (QED) is 0.0468. The van der Waals surface area contributed by atoms with Crippen LogP contribution in [0.15, 0.2) is 12.2 Å². The van der Waals surface area contributed by atoms with Crippen LogP contribution in [0.3, 0.4) is 0 Å². The molecule has 0 aliphatic carbocycles. The number of aliphatic hydroxyl groups excluding tert-OH is 6. The maximum absolute atomic E-state index is 12.7. The highest BCUT2D eigenvalue weighted by molar-refractivity contribution is 5.76. The van der Waals surface area contributed by atoms with Crippen LogP contribution in [0.4, 0.5) is 0 Å². The summed E-state index contributed by atoms with van der Waals surface area (Å²) >= 11 is 0. The molecule has 3 aliphatic rings. The van der Waals surface area contributed by atoms with Crippen LogP contribution in [0.1, 0.15) is 97.3 Å². The SMILES string of the molecule is CCCCCC1OC1C/C=C\CCCCCCCCC(=O)NC1[C@H](O)OC(CO)[C@@H](O[C@@H]2OC(CO)[C@@H](O)[C@H](O)C2NC(C)=O)[C@@H]1O. The van der Waals surface area contributed by atoms with Crippen LogP contribution in [0.2, 0.25) is 0 Å². The van der Waals surface area contributed by atoms with Gasteiger partial charge in [-0.05, 0) is 32.1 Å². The van der Waals surface area contributed by atoms with Gasteiger partial charge < -0.3 is 60.2 Å². The second-order valence-corrected chi connectivity index (χ2v) is 12.9. The minimum atomic E-state index is -1.65. The van der Waals surface area contributed by atoms with Gasteiger partial charge in [-0.25, -0.2) is 0 Å². The van der Waals surface area contributed by atoms with E-state index in [2.05, 4.69) is 29.7 Å². The molecule has 0 bridgehead atoms. The molecule has 0 radical (unpaired) electrons. The predicted molar refractivity (Wildman–Crippen MR) is 170 cm³/mol. The number of epoxide rings is 1. The zero-order valence-corrected chi connectivity index (χ0v) is 27.8. The summed E-state index contributed by atoms with van der Waals surface area (Å²) in [6.07, 6.45) is 6.53. The van der Waals surface area contributed by atoms with Gasteiger partial charge in [-0.15, -0.1) is 0 Å². The topological polar surface area (TPSA) is 220 Å². The smallest absolute Gasteiger partial charge is 0.220 e. The van der Waals surface area contributed by atoms with Crippen LogP contribution in [0.5, 0.6) is 0 Å². The Balaban J connectivity index is 1.36. The van der Waals surface area contributed by atoms with Crippen molar-refractivity contribution >= 4 is 11.8 Å². The molecule has 272 valence electrons. The average Bonchev–Trinajstić information content (AvgIpc) is 3.80. The van der Waals surface area contributed by atoms with Crippen LogP contribution < -0.4 is 10.6 Å². The van der Waals surface area contributed by atoms with E-state index in [4.69, 9.17) is 18.9 Å². The summed E-state index contributed by atoms with van der Waals surface area (Å²) in [7, 11) is 0. The lowest BCUT2D eigenvalue weighted by Gasteiger charge is -2.47. The Morgan fingerprint density at radius 2 is 1.43 bits per heavy atom. The van der Waals surface area contributed by atoms with Crippen LogP contribution in [-0.2, 0) is 28.5 Å². The lowest BCUT2D eigenvalue weighted by Crippen LogP contribution is -2.69. The van der Waals surface area contributed by atoms with E-state index in [1.165, 1.54) is 32.6 Å². The molecule has 3 fully saturated rings. The zero-order chi connectivity index (χ0) is 34.3. The second kappa shape index (κ2) is 20.7. The molecule has 3 rings (SSSR count). The van der Waals surface area contributed by atoms with Crippen molar-refractivity contribution in [3.63, 3.8) is 0 Å². The Kier molecular flexibility index (Phi) is 17.5. The number of hydrogen-bond acceptors (Lipinski definition) is 12. The summed E-state index contributed by atoms with van der Waals surface area (Å²) in [5, 5.41) is 66.8. The molecule has 0 aromatic carbocycles. The molecule has 14 heteroatoms. The summed E-state index contributed by atoms with van der Waals surface area (Å²) in [4.78, 5) is 24.5. The van der Waals surface area contributed by atoms with Crippen LogP contribution in [0, 0.1) is 0 Å². The van der Waals surface area contributed by atoms with Gasteiger partial charge in [0.05, 0.1) is 25.4 Å². The first-order chi connectivity index (χ1) is 22.6. The molecule has 0 saturated carbocycles. The first kappa shape index (κ1) is 39.7. The van der Waals surface area contributed by atoms with Gasteiger partial charge in [0.1, 0.15) is 48.7 Å². The highest BCUT2D eigenvalue weighted by Gasteiger charge is 2.51. The Morgan fingerprint density at radius 3 is 2.11 bits per heavy atom. The number of rotatable bonds is 21.